The van der Waals surface area contributed by atoms with Crippen LogP contribution in [0.2, 0.25) is 0 Å². The third-order valence-electron chi connectivity index (χ3n) is 3.48. The Morgan fingerprint density at radius 1 is 1.29 bits per heavy atom. The Hall–Kier alpha value is -2.38. The van der Waals surface area contributed by atoms with E-state index in [2.05, 4.69) is 10.2 Å². The van der Waals surface area contributed by atoms with Crippen LogP contribution in [0, 0.1) is 0 Å². The lowest BCUT2D eigenvalue weighted by Crippen LogP contribution is -2.36. The van der Waals surface area contributed by atoms with Crippen molar-refractivity contribution in [3.63, 3.8) is 0 Å². The van der Waals surface area contributed by atoms with Crippen molar-refractivity contribution in [2.75, 3.05) is 27.2 Å². The quantitative estimate of drug-likeness (QED) is 0.760. The van der Waals surface area contributed by atoms with E-state index < -0.39 is 5.91 Å². The minimum atomic E-state index is -0.533. The fourth-order valence-corrected chi connectivity index (χ4v) is 3.09. The van der Waals surface area contributed by atoms with E-state index in [4.69, 9.17) is 10.5 Å². The highest BCUT2D eigenvalue weighted by atomic mass is 32.1. The Bertz CT molecular complexity index is 686. The highest BCUT2D eigenvalue weighted by molar-refractivity contribution is 7.10. The zero-order valence-electron chi connectivity index (χ0n) is 13.7. The van der Waals surface area contributed by atoms with E-state index in [-0.39, 0.29) is 18.6 Å². The van der Waals surface area contributed by atoms with Crippen molar-refractivity contribution in [3.05, 3.63) is 52.2 Å². The molecule has 2 rings (SSSR count). The summed E-state index contributed by atoms with van der Waals surface area (Å²) in [6.07, 6.45) is 0. The number of nitrogens with zero attached hydrogens (tertiary/aromatic N) is 1. The maximum atomic E-state index is 12.0. The molecule has 0 aliphatic rings. The molecule has 0 aliphatic heterocycles. The minimum Gasteiger partial charge on any atom is -0.484 e. The van der Waals surface area contributed by atoms with E-state index in [1.807, 2.05) is 31.6 Å². The fourth-order valence-electron chi connectivity index (χ4n) is 2.17. The van der Waals surface area contributed by atoms with E-state index in [1.165, 1.54) is 10.9 Å². The molecule has 3 N–H and O–H groups in total. The first-order chi connectivity index (χ1) is 11.5. The van der Waals surface area contributed by atoms with Crippen LogP contribution in [0.5, 0.6) is 5.75 Å². The smallest absolute Gasteiger partial charge is 0.258 e. The van der Waals surface area contributed by atoms with Gasteiger partial charge in [-0.15, -0.1) is 11.3 Å². The molecular weight excluding hydrogens is 326 g/mol. The van der Waals surface area contributed by atoms with Crippen molar-refractivity contribution in [1.29, 1.82) is 0 Å². The summed E-state index contributed by atoms with van der Waals surface area (Å²) >= 11 is 1.66. The van der Waals surface area contributed by atoms with Crippen LogP contribution >= 0.6 is 11.3 Å². The molecule has 2 amide bonds. The maximum Gasteiger partial charge on any atom is 0.258 e. The number of hydrogen-bond acceptors (Lipinski definition) is 5. The lowest BCUT2D eigenvalue weighted by atomic mass is 10.2. The predicted octanol–water partition coefficient (Wildman–Crippen LogP) is 1.64. The summed E-state index contributed by atoms with van der Waals surface area (Å²) in [5, 5.41) is 4.89. The molecule has 0 radical (unpaired) electrons. The van der Waals surface area contributed by atoms with E-state index in [9.17, 15) is 9.59 Å². The molecule has 1 unspecified atom stereocenters. The number of hydrogen-bond donors (Lipinski definition) is 2. The highest BCUT2D eigenvalue weighted by Crippen LogP contribution is 2.22. The minimum absolute atomic E-state index is 0.118. The van der Waals surface area contributed by atoms with Crippen molar-refractivity contribution in [3.8, 4) is 5.75 Å². The van der Waals surface area contributed by atoms with Gasteiger partial charge >= 0.3 is 0 Å². The first-order valence-electron chi connectivity index (χ1n) is 7.46. The second-order valence-electron chi connectivity index (χ2n) is 5.48. The summed E-state index contributed by atoms with van der Waals surface area (Å²) in [6.45, 7) is 0.379. The second kappa shape index (κ2) is 8.47. The molecule has 0 aliphatic carbocycles. The number of amides is 2. The van der Waals surface area contributed by atoms with Crippen LogP contribution in [0.1, 0.15) is 21.3 Å². The summed E-state index contributed by atoms with van der Waals surface area (Å²) in [5.41, 5.74) is 5.56. The van der Waals surface area contributed by atoms with Gasteiger partial charge in [-0.05, 0) is 43.7 Å². The SMILES string of the molecule is CN(C)C(CNC(=O)COc1cccc(C(N)=O)c1)c1cccs1. The third-order valence-corrected chi connectivity index (χ3v) is 4.45. The zero-order chi connectivity index (χ0) is 17.5. The molecule has 1 aromatic heterocycles. The second-order valence-corrected chi connectivity index (χ2v) is 6.46. The molecule has 7 heteroatoms. The van der Waals surface area contributed by atoms with Gasteiger partial charge in [-0.25, -0.2) is 0 Å². The summed E-state index contributed by atoms with van der Waals surface area (Å²) in [4.78, 5) is 26.4. The Labute approximate surface area is 145 Å². The van der Waals surface area contributed by atoms with Gasteiger partial charge in [0.05, 0.1) is 6.04 Å². The van der Waals surface area contributed by atoms with Crippen LogP contribution in [0.25, 0.3) is 0 Å². The van der Waals surface area contributed by atoms with Crippen LogP contribution < -0.4 is 15.8 Å². The van der Waals surface area contributed by atoms with E-state index in [1.54, 1.807) is 29.5 Å². The molecule has 0 saturated heterocycles. The van der Waals surface area contributed by atoms with Crippen LogP contribution in [0.15, 0.2) is 41.8 Å². The number of rotatable bonds is 8. The van der Waals surface area contributed by atoms with Gasteiger partial charge in [0.2, 0.25) is 5.91 Å². The number of nitrogens with two attached hydrogens (primary N) is 1. The average molecular weight is 347 g/mol. The molecule has 1 heterocycles. The van der Waals surface area contributed by atoms with Crippen LogP contribution in [0.3, 0.4) is 0 Å². The van der Waals surface area contributed by atoms with Gasteiger partial charge in [-0.3, -0.25) is 9.59 Å². The van der Waals surface area contributed by atoms with Gasteiger partial charge in [0.1, 0.15) is 5.75 Å². The molecule has 6 nitrogen and oxygen atoms in total. The van der Waals surface area contributed by atoms with Gasteiger partial charge in [0.25, 0.3) is 5.91 Å². The standard InChI is InChI=1S/C17H21N3O3S/c1-20(2)14(15-7-4-8-24-15)10-19-16(21)11-23-13-6-3-5-12(9-13)17(18)22/h3-9,14H,10-11H2,1-2H3,(H2,18,22)(H,19,21). The summed E-state index contributed by atoms with van der Waals surface area (Å²) in [7, 11) is 3.95. The van der Waals surface area contributed by atoms with Gasteiger partial charge in [0.15, 0.2) is 6.61 Å². The molecule has 0 fully saturated rings. The monoisotopic (exact) mass is 347 g/mol. The number of primary amides is 1. The topological polar surface area (TPSA) is 84.7 Å². The first kappa shape index (κ1) is 18.0. The van der Waals surface area contributed by atoms with E-state index in [0.717, 1.165) is 0 Å². The Balaban J connectivity index is 1.85. The first-order valence-corrected chi connectivity index (χ1v) is 8.34. The normalized spacial score (nSPS) is 12.0. The number of carbonyl (C=O) groups excluding carboxylic acids is 2. The van der Waals surface area contributed by atoms with Crippen molar-refractivity contribution in [1.82, 2.24) is 10.2 Å². The molecule has 128 valence electrons. The molecule has 1 atom stereocenters. The lowest BCUT2D eigenvalue weighted by molar-refractivity contribution is -0.123. The number of likely N-dealkylation sites (N-methyl/N-ethyl adjacent to an activating group) is 1. The van der Waals surface area contributed by atoms with Crippen molar-refractivity contribution in [2.45, 2.75) is 6.04 Å². The molecule has 0 bridgehead atoms. The number of carbonyl (C=O) groups is 2. The highest BCUT2D eigenvalue weighted by Gasteiger charge is 2.16. The van der Waals surface area contributed by atoms with Crippen LogP contribution in [0.4, 0.5) is 0 Å². The summed E-state index contributed by atoms with van der Waals surface area (Å²) in [6, 6.07) is 10.6. The molecule has 0 saturated carbocycles. The van der Waals surface area contributed by atoms with Crippen LogP contribution in [-0.2, 0) is 4.79 Å². The lowest BCUT2D eigenvalue weighted by Gasteiger charge is -2.23. The molecule has 2 aromatic rings. The maximum absolute atomic E-state index is 12.0. The summed E-state index contributed by atoms with van der Waals surface area (Å²) < 4.78 is 5.41. The van der Waals surface area contributed by atoms with Gasteiger partial charge in [-0.2, -0.15) is 0 Å². The Morgan fingerprint density at radius 2 is 2.08 bits per heavy atom. The number of benzene rings is 1. The predicted molar refractivity (Wildman–Crippen MR) is 94.2 cm³/mol. The van der Waals surface area contributed by atoms with E-state index >= 15 is 0 Å². The molecular formula is C17H21N3O3S. The van der Waals surface area contributed by atoms with E-state index in [0.29, 0.717) is 17.9 Å². The van der Waals surface area contributed by atoms with Gasteiger partial charge in [-0.1, -0.05) is 12.1 Å². The Morgan fingerprint density at radius 3 is 2.71 bits per heavy atom. The summed E-state index contributed by atoms with van der Waals surface area (Å²) in [5.74, 6) is -0.318. The van der Waals surface area contributed by atoms with Gasteiger partial charge in [0, 0.05) is 17.0 Å². The zero-order valence-corrected chi connectivity index (χ0v) is 14.5. The number of ether oxygens (including phenoxy) is 1. The van der Waals surface area contributed by atoms with Crippen molar-refractivity contribution < 1.29 is 14.3 Å². The fraction of sp³-hybridized carbons (Fsp3) is 0.294. The largest absolute Gasteiger partial charge is 0.484 e. The van der Waals surface area contributed by atoms with Gasteiger partial charge < -0.3 is 20.7 Å². The van der Waals surface area contributed by atoms with Crippen molar-refractivity contribution in [2.24, 2.45) is 5.73 Å². The van der Waals surface area contributed by atoms with Crippen molar-refractivity contribution >= 4 is 23.2 Å². The molecule has 1 aromatic carbocycles. The molecule has 24 heavy (non-hydrogen) atoms. The average Bonchev–Trinajstić information content (AvgIpc) is 3.07. The molecule has 0 spiro atoms. The third kappa shape index (κ3) is 5.07. The Kier molecular flexibility index (Phi) is 6.34. The number of nitrogens with one attached hydrogen (secondary N) is 1. The number of thiophene rings is 1. The van der Waals surface area contributed by atoms with Crippen LogP contribution in [-0.4, -0.2) is 44.0 Å².